The molecule has 2 atom stereocenters. The lowest BCUT2D eigenvalue weighted by atomic mass is 10.00. The zero-order valence-corrected chi connectivity index (χ0v) is 11.4. The summed E-state index contributed by atoms with van der Waals surface area (Å²) in [4.78, 5) is 0. The molecule has 0 saturated heterocycles. The van der Waals surface area contributed by atoms with E-state index >= 15 is 0 Å². The summed E-state index contributed by atoms with van der Waals surface area (Å²) in [6.45, 7) is 6.57. The monoisotopic (exact) mass is 237 g/mol. The fraction of sp³-hybridized carbons (Fsp3) is 0.571. The average Bonchev–Trinajstić information content (AvgIpc) is 2.31. The number of thioether (sulfide) groups is 1. The molecule has 0 bridgehead atoms. The third-order valence-electron chi connectivity index (χ3n) is 2.86. The third-order valence-corrected chi connectivity index (χ3v) is 4.46. The van der Waals surface area contributed by atoms with Crippen LogP contribution in [0.2, 0.25) is 0 Å². The molecule has 0 fully saturated rings. The minimum atomic E-state index is 0.262. The van der Waals surface area contributed by atoms with Gasteiger partial charge in [0.15, 0.2) is 0 Å². The largest absolute Gasteiger partial charge is 0.326 e. The Bertz CT molecular complexity index is 311. The van der Waals surface area contributed by atoms with Crippen molar-refractivity contribution >= 4 is 11.8 Å². The summed E-state index contributed by atoms with van der Waals surface area (Å²) in [7, 11) is 0. The van der Waals surface area contributed by atoms with E-state index in [4.69, 9.17) is 5.73 Å². The summed E-state index contributed by atoms with van der Waals surface area (Å²) < 4.78 is 0. The van der Waals surface area contributed by atoms with Crippen molar-refractivity contribution in [1.82, 2.24) is 0 Å². The van der Waals surface area contributed by atoms with Crippen LogP contribution in [-0.2, 0) is 0 Å². The number of hydrogen-bond acceptors (Lipinski definition) is 2. The molecule has 0 radical (unpaired) electrons. The van der Waals surface area contributed by atoms with Gasteiger partial charge in [0.2, 0.25) is 0 Å². The SMILES string of the molecule is CCCSC(c1ccccc1C)C(N)CC. The number of benzene rings is 1. The molecule has 1 nitrogen and oxygen atoms in total. The van der Waals surface area contributed by atoms with E-state index in [-0.39, 0.29) is 6.04 Å². The van der Waals surface area contributed by atoms with Gasteiger partial charge in [-0.2, -0.15) is 11.8 Å². The maximum atomic E-state index is 6.24. The molecule has 0 aliphatic heterocycles. The van der Waals surface area contributed by atoms with Gasteiger partial charge in [-0.1, -0.05) is 38.1 Å². The molecule has 0 saturated carbocycles. The number of aryl methyl sites for hydroxylation is 1. The lowest BCUT2D eigenvalue weighted by Gasteiger charge is -2.24. The number of hydrogen-bond donors (Lipinski definition) is 1. The van der Waals surface area contributed by atoms with Crippen LogP contribution < -0.4 is 5.73 Å². The standard InChI is InChI=1S/C14H23NS/c1-4-10-16-14(13(15)5-2)12-9-7-6-8-11(12)3/h6-9,13-14H,4-5,10,15H2,1-3H3. The summed E-state index contributed by atoms with van der Waals surface area (Å²) in [5.74, 6) is 1.19. The second kappa shape index (κ2) is 6.97. The third kappa shape index (κ3) is 3.53. The first-order valence-electron chi connectivity index (χ1n) is 6.13. The predicted octanol–water partition coefficient (Wildman–Crippen LogP) is 3.92. The van der Waals surface area contributed by atoms with E-state index < -0.39 is 0 Å². The first-order chi connectivity index (χ1) is 7.70. The van der Waals surface area contributed by atoms with E-state index in [2.05, 4.69) is 45.0 Å². The molecule has 2 heteroatoms. The van der Waals surface area contributed by atoms with Gasteiger partial charge in [0.05, 0.1) is 0 Å². The zero-order chi connectivity index (χ0) is 12.0. The Morgan fingerprint density at radius 3 is 2.50 bits per heavy atom. The molecule has 0 aliphatic rings. The van der Waals surface area contributed by atoms with E-state index in [1.54, 1.807) is 0 Å². The Labute approximate surface area is 104 Å². The molecule has 0 aliphatic carbocycles. The lowest BCUT2D eigenvalue weighted by molar-refractivity contribution is 0.632. The maximum absolute atomic E-state index is 6.24. The van der Waals surface area contributed by atoms with E-state index in [0.717, 1.165) is 6.42 Å². The molecular weight excluding hydrogens is 214 g/mol. The smallest absolute Gasteiger partial charge is 0.0450 e. The van der Waals surface area contributed by atoms with E-state index in [1.807, 2.05) is 11.8 Å². The molecule has 1 rings (SSSR count). The van der Waals surface area contributed by atoms with E-state index in [1.165, 1.54) is 23.3 Å². The fourth-order valence-corrected chi connectivity index (χ4v) is 3.18. The van der Waals surface area contributed by atoms with Crippen LogP contribution in [0.3, 0.4) is 0 Å². The quantitative estimate of drug-likeness (QED) is 0.811. The minimum Gasteiger partial charge on any atom is -0.326 e. The van der Waals surface area contributed by atoms with Crippen molar-refractivity contribution in [1.29, 1.82) is 0 Å². The molecule has 1 aromatic carbocycles. The van der Waals surface area contributed by atoms with Gasteiger partial charge in [-0.3, -0.25) is 0 Å². The van der Waals surface area contributed by atoms with Crippen molar-refractivity contribution in [2.45, 2.75) is 44.9 Å². The van der Waals surface area contributed by atoms with Crippen LogP contribution in [0.4, 0.5) is 0 Å². The fourth-order valence-electron chi connectivity index (χ4n) is 1.81. The molecule has 1 aromatic rings. The highest BCUT2D eigenvalue weighted by Gasteiger charge is 2.19. The molecule has 2 unspecified atom stereocenters. The Morgan fingerprint density at radius 1 is 1.25 bits per heavy atom. The van der Waals surface area contributed by atoms with Gasteiger partial charge in [-0.05, 0) is 36.6 Å². The van der Waals surface area contributed by atoms with Crippen molar-refractivity contribution in [3.8, 4) is 0 Å². The normalized spacial score (nSPS) is 14.8. The highest BCUT2D eigenvalue weighted by Crippen LogP contribution is 2.34. The molecule has 0 amide bonds. The van der Waals surface area contributed by atoms with Gasteiger partial charge in [0.1, 0.15) is 0 Å². The Morgan fingerprint density at radius 2 is 1.94 bits per heavy atom. The van der Waals surface area contributed by atoms with Crippen LogP contribution in [0.1, 0.15) is 43.1 Å². The van der Waals surface area contributed by atoms with Crippen LogP contribution in [0.15, 0.2) is 24.3 Å². The predicted molar refractivity (Wildman–Crippen MR) is 74.9 cm³/mol. The second-order valence-electron chi connectivity index (χ2n) is 4.22. The second-order valence-corrected chi connectivity index (χ2v) is 5.47. The molecule has 0 aromatic heterocycles. The van der Waals surface area contributed by atoms with E-state index in [9.17, 15) is 0 Å². The van der Waals surface area contributed by atoms with Crippen molar-refractivity contribution in [3.63, 3.8) is 0 Å². The average molecular weight is 237 g/mol. The van der Waals surface area contributed by atoms with Crippen molar-refractivity contribution in [2.24, 2.45) is 5.73 Å². The van der Waals surface area contributed by atoms with Crippen molar-refractivity contribution < 1.29 is 0 Å². The summed E-state index contributed by atoms with van der Waals surface area (Å²) in [5.41, 5.74) is 9.01. The number of nitrogens with two attached hydrogens (primary N) is 1. The maximum Gasteiger partial charge on any atom is 0.0450 e. The van der Waals surface area contributed by atoms with Gasteiger partial charge in [-0.15, -0.1) is 0 Å². The van der Waals surface area contributed by atoms with Crippen LogP contribution in [0.25, 0.3) is 0 Å². The highest BCUT2D eigenvalue weighted by atomic mass is 32.2. The van der Waals surface area contributed by atoms with Crippen LogP contribution in [0.5, 0.6) is 0 Å². The molecule has 0 spiro atoms. The summed E-state index contributed by atoms with van der Waals surface area (Å²) in [5, 5.41) is 0.450. The summed E-state index contributed by atoms with van der Waals surface area (Å²) in [6, 6.07) is 8.87. The minimum absolute atomic E-state index is 0.262. The van der Waals surface area contributed by atoms with Crippen LogP contribution in [-0.4, -0.2) is 11.8 Å². The number of rotatable bonds is 6. The highest BCUT2D eigenvalue weighted by molar-refractivity contribution is 7.99. The molecule has 2 N–H and O–H groups in total. The Balaban J connectivity index is 2.87. The van der Waals surface area contributed by atoms with Crippen LogP contribution in [0, 0.1) is 6.92 Å². The Hall–Kier alpha value is -0.470. The topological polar surface area (TPSA) is 26.0 Å². The van der Waals surface area contributed by atoms with Gasteiger partial charge in [0.25, 0.3) is 0 Å². The first-order valence-corrected chi connectivity index (χ1v) is 7.18. The zero-order valence-electron chi connectivity index (χ0n) is 10.6. The molecule has 90 valence electrons. The molecule has 0 heterocycles. The first kappa shape index (κ1) is 13.6. The molecular formula is C14H23NS. The summed E-state index contributed by atoms with van der Waals surface area (Å²) >= 11 is 2.00. The van der Waals surface area contributed by atoms with Gasteiger partial charge >= 0.3 is 0 Å². The van der Waals surface area contributed by atoms with Crippen molar-refractivity contribution in [3.05, 3.63) is 35.4 Å². The Kier molecular flexibility index (Phi) is 5.93. The molecule has 16 heavy (non-hydrogen) atoms. The lowest BCUT2D eigenvalue weighted by Crippen LogP contribution is -2.26. The summed E-state index contributed by atoms with van der Waals surface area (Å²) in [6.07, 6.45) is 2.25. The van der Waals surface area contributed by atoms with Crippen molar-refractivity contribution in [2.75, 3.05) is 5.75 Å². The van der Waals surface area contributed by atoms with Gasteiger partial charge < -0.3 is 5.73 Å². The van der Waals surface area contributed by atoms with Gasteiger partial charge in [0, 0.05) is 11.3 Å². The van der Waals surface area contributed by atoms with Crippen LogP contribution >= 0.6 is 11.8 Å². The van der Waals surface area contributed by atoms with Gasteiger partial charge in [-0.25, -0.2) is 0 Å². The van der Waals surface area contributed by atoms with E-state index in [0.29, 0.717) is 5.25 Å².